The van der Waals surface area contributed by atoms with Gasteiger partial charge in [0, 0.05) is 17.8 Å². The highest BCUT2D eigenvalue weighted by molar-refractivity contribution is 5.82. The van der Waals surface area contributed by atoms with Gasteiger partial charge in [0.05, 0.1) is 12.1 Å². The Morgan fingerprint density at radius 3 is 2.42 bits per heavy atom. The molecule has 0 amide bonds. The van der Waals surface area contributed by atoms with Crippen molar-refractivity contribution in [1.82, 2.24) is 0 Å². The molecule has 0 aromatic heterocycles. The second-order valence-electron chi connectivity index (χ2n) is 7.51. The minimum absolute atomic E-state index is 0.0770. The van der Waals surface area contributed by atoms with Gasteiger partial charge in [-0.25, -0.2) is 0 Å². The number of rotatable bonds is 9. The normalized spacial score (nSPS) is 15.9. The third-order valence-corrected chi connectivity index (χ3v) is 5.00. The van der Waals surface area contributed by atoms with Crippen LogP contribution in [0.3, 0.4) is 0 Å². The predicted octanol–water partition coefficient (Wildman–Crippen LogP) is 6.45. The summed E-state index contributed by atoms with van der Waals surface area (Å²) >= 11 is 0. The SMILES string of the molecule is CCCCCCCCN1c2ccc(OCC)cc2C(C)=CC1(C)C. The zero-order valence-electron chi connectivity index (χ0n) is 16.3. The number of fused-ring (bicyclic) bond motifs is 1. The molecule has 1 aliphatic heterocycles. The van der Waals surface area contributed by atoms with Gasteiger partial charge >= 0.3 is 0 Å². The average Bonchev–Trinajstić information content (AvgIpc) is 2.53. The molecule has 0 bridgehead atoms. The molecule has 0 unspecified atom stereocenters. The van der Waals surface area contributed by atoms with Crippen LogP contribution in [0.1, 0.15) is 78.7 Å². The Hall–Kier alpha value is -1.44. The molecule has 0 saturated carbocycles. The van der Waals surface area contributed by atoms with E-state index in [0.717, 1.165) is 12.3 Å². The summed E-state index contributed by atoms with van der Waals surface area (Å²) in [6, 6.07) is 6.56. The van der Waals surface area contributed by atoms with Crippen LogP contribution in [0.4, 0.5) is 5.69 Å². The molecule has 0 fully saturated rings. The van der Waals surface area contributed by atoms with Crippen molar-refractivity contribution in [2.45, 2.75) is 78.7 Å². The number of ether oxygens (including phenoxy) is 1. The van der Waals surface area contributed by atoms with E-state index in [4.69, 9.17) is 4.74 Å². The summed E-state index contributed by atoms with van der Waals surface area (Å²) in [6.45, 7) is 13.0. The standard InChI is InChI=1S/C22H35NO/c1-6-8-9-10-11-12-15-23-21-14-13-19(24-7-2)16-20(21)18(3)17-22(23,4)5/h13-14,16-17H,6-12,15H2,1-5H3. The Bertz CT molecular complexity index is 559. The van der Waals surface area contributed by atoms with Crippen LogP contribution in [0.15, 0.2) is 24.3 Å². The first-order chi connectivity index (χ1) is 11.5. The number of nitrogens with zero attached hydrogens (tertiary/aromatic N) is 1. The third kappa shape index (κ3) is 4.55. The molecule has 0 atom stereocenters. The van der Waals surface area contributed by atoms with Crippen LogP contribution in [0.25, 0.3) is 5.57 Å². The topological polar surface area (TPSA) is 12.5 Å². The van der Waals surface area contributed by atoms with E-state index >= 15 is 0 Å². The molecule has 2 nitrogen and oxygen atoms in total. The first-order valence-electron chi connectivity index (χ1n) is 9.74. The maximum Gasteiger partial charge on any atom is 0.120 e. The zero-order chi connectivity index (χ0) is 17.6. The Labute approximate surface area is 148 Å². The fourth-order valence-electron chi connectivity index (χ4n) is 3.78. The van der Waals surface area contributed by atoms with Crippen LogP contribution in [0.5, 0.6) is 5.75 Å². The van der Waals surface area contributed by atoms with Crippen molar-refractivity contribution in [1.29, 1.82) is 0 Å². The van der Waals surface area contributed by atoms with Gasteiger partial charge in [-0.1, -0.05) is 45.1 Å². The second kappa shape index (κ2) is 8.60. The Morgan fingerprint density at radius 1 is 1.00 bits per heavy atom. The van der Waals surface area contributed by atoms with Crippen molar-refractivity contribution in [2.24, 2.45) is 0 Å². The van der Waals surface area contributed by atoms with E-state index in [1.165, 1.54) is 55.3 Å². The van der Waals surface area contributed by atoms with Gasteiger partial charge in [0.25, 0.3) is 0 Å². The maximum atomic E-state index is 5.70. The van der Waals surface area contributed by atoms with E-state index in [1.807, 2.05) is 6.92 Å². The summed E-state index contributed by atoms with van der Waals surface area (Å²) in [6.07, 6.45) is 10.5. The van der Waals surface area contributed by atoms with E-state index in [9.17, 15) is 0 Å². The molecule has 1 heterocycles. The molecule has 1 aromatic carbocycles. The molecule has 2 heteroatoms. The molecule has 134 valence electrons. The molecule has 0 N–H and O–H groups in total. The van der Waals surface area contributed by atoms with Crippen LogP contribution in [-0.4, -0.2) is 18.7 Å². The maximum absolute atomic E-state index is 5.70. The largest absolute Gasteiger partial charge is 0.494 e. The molecule has 0 spiro atoms. The van der Waals surface area contributed by atoms with Gasteiger partial charge in [-0.2, -0.15) is 0 Å². The number of hydrogen-bond acceptors (Lipinski definition) is 2. The number of anilines is 1. The smallest absolute Gasteiger partial charge is 0.120 e. The van der Waals surface area contributed by atoms with Crippen LogP contribution in [-0.2, 0) is 0 Å². The monoisotopic (exact) mass is 329 g/mol. The van der Waals surface area contributed by atoms with Gasteiger partial charge in [-0.05, 0) is 57.9 Å². The van der Waals surface area contributed by atoms with Crippen LogP contribution >= 0.6 is 0 Å². The zero-order valence-corrected chi connectivity index (χ0v) is 16.3. The van der Waals surface area contributed by atoms with Crippen molar-refractivity contribution in [3.8, 4) is 5.75 Å². The van der Waals surface area contributed by atoms with Gasteiger partial charge < -0.3 is 9.64 Å². The average molecular weight is 330 g/mol. The highest BCUT2D eigenvalue weighted by atomic mass is 16.5. The molecular weight excluding hydrogens is 294 g/mol. The minimum Gasteiger partial charge on any atom is -0.494 e. The first-order valence-corrected chi connectivity index (χ1v) is 9.74. The van der Waals surface area contributed by atoms with Gasteiger partial charge in [0.1, 0.15) is 5.75 Å². The summed E-state index contributed by atoms with van der Waals surface area (Å²) in [4.78, 5) is 2.57. The van der Waals surface area contributed by atoms with E-state index < -0.39 is 0 Å². The number of benzene rings is 1. The van der Waals surface area contributed by atoms with Crippen molar-refractivity contribution >= 4 is 11.3 Å². The summed E-state index contributed by atoms with van der Waals surface area (Å²) < 4.78 is 5.70. The lowest BCUT2D eigenvalue weighted by molar-refractivity contribution is 0.340. The molecule has 0 saturated heterocycles. The van der Waals surface area contributed by atoms with Gasteiger partial charge in [0.15, 0.2) is 0 Å². The van der Waals surface area contributed by atoms with Gasteiger partial charge in [-0.3, -0.25) is 0 Å². The molecule has 0 aliphatic carbocycles. The van der Waals surface area contributed by atoms with Crippen molar-refractivity contribution in [2.75, 3.05) is 18.1 Å². The predicted molar refractivity (Wildman–Crippen MR) is 106 cm³/mol. The first kappa shape index (κ1) is 18.9. The van der Waals surface area contributed by atoms with Gasteiger partial charge in [0.2, 0.25) is 0 Å². The molecular formula is C22H35NO. The second-order valence-corrected chi connectivity index (χ2v) is 7.51. The molecule has 0 radical (unpaired) electrons. The van der Waals surface area contributed by atoms with Crippen LogP contribution in [0.2, 0.25) is 0 Å². The summed E-state index contributed by atoms with van der Waals surface area (Å²) in [5, 5.41) is 0. The quantitative estimate of drug-likeness (QED) is 0.483. The van der Waals surface area contributed by atoms with E-state index in [0.29, 0.717) is 6.61 Å². The fourth-order valence-corrected chi connectivity index (χ4v) is 3.78. The number of allylic oxidation sites excluding steroid dienone is 1. The van der Waals surface area contributed by atoms with Crippen molar-refractivity contribution in [3.05, 3.63) is 29.8 Å². The summed E-state index contributed by atoms with van der Waals surface area (Å²) in [7, 11) is 0. The third-order valence-electron chi connectivity index (χ3n) is 5.00. The molecule has 24 heavy (non-hydrogen) atoms. The van der Waals surface area contributed by atoms with E-state index in [2.05, 4.69) is 56.9 Å². The van der Waals surface area contributed by atoms with Crippen LogP contribution in [0, 0.1) is 0 Å². The highest BCUT2D eigenvalue weighted by Gasteiger charge is 2.30. The molecule has 1 aromatic rings. The summed E-state index contributed by atoms with van der Waals surface area (Å²) in [5.74, 6) is 0.975. The Kier molecular flexibility index (Phi) is 6.77. The molecule has 2 rings (SSSR count). The lowest BCUT2D eigenvalue weighted by atomic mass is 9.88. The van der Waals surface area contributed by atoms with Crippen molar-refractivity contribution in [3.63, 3.8) is 0 Å². The van der Waals surface area contributed by atoms with Gasteiger partial charge in [-0.15, -0.1) is 0 Å². The van der Waals surface area contributed by atoms with E-state index in [-0.39, 0.29) is 5.54 Å². The lowest BCUT2D eigenvalue weighted by Crippen LogP contribution is -2.45. The van der Waals surface area contributed by atoms with Crippen molar-refractivity contribution < 1.29 is 4.74 Å². The number of hydrogen-bond donors (Lipinski definition) is 0. The Morgan fingerprint density at radius 2 is 1.71 bits per heavy atom. The lowest BCUT2D eigenvalue weighted by Gasteiger charge is -2.43. The van der Waals surface area contributed by atoms with E-state index in [1.54, 1.807) is 0 Å². The fraction of sp³-hybridized carbons (Fsp3) is 0.636. The Balaban J connectivity index is 2.10. The summed E-state index contributed by atoms with van der Waals surface area (Å²) in [5.41, 5.74) is 4.12. The van der Waals surface area contributed by atoms with Crippen LogP contribution < -0.4 is 9.64 Å². The highest BCUT2D eigenvalue weighted by Crippen LogP contribution is 2.40. The number of unbranched alkanes of at least 4 members (excludes halogenated alkanes) is 5. The molecule has 1 aliphatic rings. The minimum atomic E-state index is 0.0770.